The first-order chi connectivity index (χ1) is 9.81. The first kappa shape index (κ1) is 15.1. The molecule has 0 heterocycles. The number of halogens is 3. The molecule has 0 spiro atoms. The van der Waals surface area contributed by atoms with Gasteiger partial charge in [0.1, 0.15) is 11.5 Å². The summed E-state index contributed by atoms with van der Waals surface area (Å²) in [4.78, 5) is 10.9. The van der Waals surface area contributed by atoms with Gasteiger partial charge in [0.25, 0.3) is 0 Å². The molecule has 5 heteroatoms. The number of aldehydes is 1. The van der Waals surface area contributed by atoms with Gasteiger partial charge in [-0.25, -0.2) is 0 Å². The Labute approximate surface area is 120 Å². The third kappa shape index (κ3) is 3.42. The van der Waals surface area contributed by atoms with Gasteiger partial charge in [-0.05, 0) is 55.3 Å². The second-order valence-electron chi connectivity index (χ2n) is 4.72. The van der Waals surface area contributed by atoms with Crippen LogP contribution >= 0.6 is 0 Å². The van der Waals surface area contributed by atoms with E-state index in [4.69, 9.17) is 4.74 Å². The molecule has 2 nitrogen and oxygen atoms in total. The van der Waals surface area contributed by atoms with Crippen molar-refractivity contribution in [2.45, 2.75) is 20.0 Å². The molecule has 0 amide bonds. The minimum atomic E-state index is -4.48. The number of rotatable bonds is 3. The van der Waals surface area contributed by atoms with E-state index >= 15 is 0 Å². The van der Waals surface area contributed by atoms with Crippen molar-refractivity contribution in [3.05, 3.63) is 58.7 Å². The number of hydrogen-bond donors (Lipinski definition) is 0. The molecule has 0 saturated carbocycles. The van der Waals surface area contributed by atoms with Crippen molar-refractivity contribution in [2.75, 3.05) is 0 Å². The highest BCUT2D eigenvalue weighted by atomic mass is 19.4. The number of hydrogen-bond acceptors (Lipinski definition) is 2. The maximum Gasteiger partial charge on any atom is 0.416 e. The van der Waals surface area contributed by atoms with Gasteiger partial charge in [-0.2, -0.15) is 13.2 Å². The number of alkyl halides is 3. The quantitative estimate of drug-likeness (QED) is 0.750. The molecule has 0 saturated heterocycles. The number of aryl methyl sites for hydroxylation is 2. The average Bonchev–Trinajstić information content (AvgIpc) is 2.42. The van der Waals surface area contributed by atoms with Crippen molar-refractivity contribution >= 4 is 6.29 Å². The molecular formula is C16H13F3O2. The van der Waals surface area contributed by atoms with E-state index in [9.17, 15) is 18.0 Å². The third-order valence-electron chi connectivity index (χ3n) is 3.17. The molecule has 0 aliphatic rings. The van der Waals surface area contributed by atoms with Crippen LogP contribution in [0.5, 0.6) is 11.5 Å². The highest BCUT2D eigenvalue weighted by molar-refractivity contribution is 5.79. The minimum absolute atomic E-state index is 0.0706. The van der Waals surface area contributed by atoms with Gasteiger partial charge >= 0.3 is 6.18 Å². The number of carbonyl (C=O) groups excluding carboxylic acids is 1. The van der Waals surface area contributed by atoms with E-state index in [0.717, 1.165) is 29.3 Å². The molecule has 0 aromatic heterocycles. The smallest absolute Gasteiger partial charge is 0.416 e. The largest absolute Gasteiger partial charge is 0.457 e. The Morgan fingerprint density at radius 1 is 1.00 bits per heavy atom. The Balaban J connectivity index is 2.41. The van der Waals surface area contributed by atoms with Crippen molar-refractivity contribution in [1.82, 2.24) is 0 Å². The van der Waals surface area contributed by atoms with Gasteiger partial charge in [0.2, 0.25) is 0 Å². The van der Waals surface area contributed by atoms with Crippen LogP contribution in [0.4, 0.5) is 13.2 Å². The molecule has 0 fully saturated rings. The van der Waals surface area contributed by atoms with Crippen LogP contribution in [0.1, 0.15) is 27.0 Å². The molecule has 0 atom stereocenters. The van der Waals surface area contributed by atoms with Gasteiger partial charge in [0.15, 0.2) is 6.29 Å². The average molecular weight is 294 g/mol. The van der Waals surface area contributed by atoms with Crippen LogP contribution in [0, 0.1) is 13.8 Å². The van der Waals surface area contributed by atoms with Crippen molar-refractivity contribution in [1.29, 1.82) is 0 Å². The van der Waals surface area contributed by atoms with Crippen LogP contribution in [0.25, 0.3) is 0 Å². The Hall–Kier alpha value is -2.30. The van der Waals surface area contributed by atoms with Crippen LogP contribution in [0.15, 0.2) is 36.4 Å². The molecule has 0 N–H and O–H groups in total. The van der Waals surface area contributed by atoms with Crippen molar-refractivity contribution < 1.29 is 22.7 Å². The highest BCUT2D eigenvalue weighted by Gasteiger charge is 2.31. The lowest BCUT2D eigenvalue weighted by Gasteiger charge is -2.13. The minimum Gasteiger partial charge on any atom is -0.457 e. The zero-order valence-electron chi connectivity index (χ0n) is 11.5. The maximum absolute atomic E-state index is 12.7. The van der Waals surface area contributed by atoms with Crippen LogP contribution in [-0.4, -0.2) is 6.29 Å². The number of benzene rings is 2. The number of carbonyl (C=O) groups is 1. The Morgan fingerprint density at radius 2 is 1.71 bits per heavy atom. The van der Waals surface area contributed by atoms with Gasteiger partial charge in [0.05, 0.1) is 11.1 Å². The highest BCUT2D eigenvalue weighted by Crippen LogP contribution is 2.34. The first-order valence-corrected chi connectivity index (χ1v) is 6.23. The van der Waals surface area contributed by atoms with E-state index in [-0.39, 0.29) is 11.3 Å². The first-order valence-electron chi connectivity index (χ1n) is 6.23. The van der Waals surface area contributed by atoms with Gasteiger partial charge in [-0.3, -0.25) is 4.79 Å². The fourth-order valence-electron chi connectivity index (χ4n) is 1.80. The molecule has 0 aliphatic carbocycles. The summed E-state index contributed by atoms with van der Waals surface area (Å²) in [5, 5.41) is 0. The summed E-state index contributed by atoms with van der Waals surface area (Å²) in [5.74, 6) is 0.281. The molecule has 2 aromatic rings. The van der Waals surface area contributed by atoms with Gasteiger partial charge in [-0.1, -0.05) is 6.07 Å². The molecule has 0 bridgehead atoms. The molecule has 0 unspecified atom stereocenters. The van der Waals surface area contributed by atoms with E-state index in [1.165, 1.54) is 0 Å². The molecular weight excluding hydrogens is 281 g/mol. The predicted octanol–water partition coefficient (Wildman–Crippen LogP) is 4.93. The predicted molar refractivity (Wildman–Crippen MR) is 72.8 cm³/mol. The monoisotopic (exact) mass is 294 g/mol. The Morgan fingerprint density at radius 3 is 2.29 bits per heavy atom. The van der Waals surface area contributed by atoms with Crippen LogP contribution in [-0.2, 0) is 6.18 Å². The number of ether oxygens (including phenoxy) is 1. The summed E-state index contributed by atoms with van der Waals surface area (Å²) in [6.45, 7) is 3.79. The standard InChI is InChI=1S/C16H13F3O2/c1-10-3-6-14(7-11(10)2)21-15-8-13(16(17,18)19)5-4-12(15)9-20/h3-9H,1-2H3. The summed E-state index contributed by atoms with van der Waals surface area (Å²) >= 11 is 0. The van der Waals surface area contributed by atoms with Crippen LogP contribution in [0.3, 0.4) is 0 Å². The topological polar surface area (TPSA) is 26.3 Å². The molecule has 2 aromatic carbocycles. The van der Waals surface area contributed by atoms with E-state index in [0.29, 0.717) is 12.0 Å². The summed E-state index contributed by atoms with van der Waals surface area (Å²) in [7, 11) is 0. The molecule has 110 valence electrons. The van der Waals surface area contributed by atoms with Crippen molar-refractivity contribution in [2.24, 2.45) is 0 Å². The molecule has 21 heavy (non-hydrogen) atoms. The summed E-state index contributed by atoms with van der Waals surface area (Å²) in [6.07, 6.45) is -4.01. The zero-order chi connectivity index (χ0) is 15.6. The van der Waals surface area contributed by atoms with E-state index in [1.807, 2.05) is 13.8 Å². The SMILES string of the molecule is Cc1ccc(Oc2cc(C(F)(F)F)ccc2C=O)cc1C. The van der Waals surface area contributed by atoms with Crippen LogP contribution in [0.2, 0.25) is 0 Å². The second kappa shape index (κ2) is 5.60. The van der Waals surface area contributed by atoms with Gasteiger partial charge in [0, 0.05) is 0 Å². The van der Waals surface area contributed by atoms with Gasteiger partial charge in [-0.15, -0.1) is 0 Å². The van der Waals surface area contributed by atoms with Crippen molar-refractivity contribution in [3.63, 3.8) is 0 Å². The molecule has 0 radical (unpaired) electrons. The fourth-order valence-corrected chi connectivity index (χ4v) is 1.80. The maximum atomic E-state index is 12.7. The lowest BCUT2D eigenvalue weighted by Crippen LogP contribution is -2.05. The Kier molecular flexibility index (Phi) is 4.02. The molecule has 0 aliphatic heterocycles. The lowest BCUT2D eigenvalue weighted by atomic mass is 10.1. The summed E-state index contributed by atoms with van der Waals surface area (Å²) < 4.78 is 43.6. The van der Waals surface area contributed by atoms with E-state index in [1.54, 1.807) is 18.2 Å². The second-order valence-corrected chi connectivity index (χ2v) is 4.72. The zero-order valence-corrected chi connectivity index (χ0v) is 11.5. The Bertz CT molecular complexity index is 676. The summed E-state index contributed by atoms with van der Waals surface area (Å²) in [6, 6.07) is 7.96. The van der Waals surface area contributed by atoms with Crippen molar-refractivity contribution in [3.8, 4) is 11.5 Å². The van der Waals surface area contributed by atoms with E-state index < -0.39 is 11.7 Å². The van der Waals surface area contributed by atoms with E-state index in [2.05, 4.69) is 0 Å². The molecule has 2 rings (SSSR count). The third-order valence-corrected chi connectivity index (χ3v) is 3.17. The fraction of sp³-hybridized carbons (Fsp3) is 0.188. The van der Waals surface area contributed by atoms with Gasteiger partial charge < -0.3 is 4.74 Å². The van der Waals surface area contributed by atoms with Crippen LogP contribution < -0.4 is 4.74 Å². The normalized spacial score (nSPS) is 11.3. The lowest BCUT2D eigenvalue weighted by molar-refractivity contribution is -0.137. The summed E-state index contributed by atoms with van der Waals surface area (Å²) in [5.41, 5.74) is 1.21.